The number of nitrogens with zero attached hydrogens (tertiary/aromatic N) is 3. The standard InChI is InChI=1S/C21H19F3N4O2/c1-3-27(4-2)21(30)15-12-25-28(13-8-6-5-7-9-13)19(15)26-20(29)14-10-11-16(22)18(24)17(14)23/h5-12H,3-4H2,1-2H3,(H,26,29). The third kappa shape index (κ3) is 3.91. The average Bonchev–Trinajstić information content (AvgIpc) is 3.16. The van der Waals surface area contributed by atoms with Gasteiger partial charge in [0, 0.05) is 13.1 Å². The van der Waals surface area contributed by atoms with Crippen molar-refractivity contribution < 1.29 is 22.8 Å². The highest BCUT2D eigenvalue weighted by atomic mass is 19.2. The maximum atomic E-state index is 14.1. The van der Waals surface area contributed by atoms with Crippen molar-refractivity contribution >= 4 is 17.6 Å². The highest BCUT2D eigenvalue weighted by Crippen LogP contribution is 2.24. The number of para-hydroxylation sites is 1. The van der Waals surface area contributed by atoms with Crippen molar-refractivity contribution in [2.45, 2.75) is 13.8 Å². The van der Waals surface area contributed by atoms with E-state index in [0.29, 0.717) is 24.8 Å². The Kier molecular flexibility index (Phi) is 6.20. The summed E-state index contributed by atoms with van der Waals surface area (Å²) in [6.45, 7) is 4.46. The number of hydrogen-bond donors (Lipinski definition) is 1. The third-order valence-electron chi connectivity index (χ3n) is 4.56. The number of nitrogens with one attached hydrogen (secondary N) is 1. The summed E-state index contributed by atoms with van der Waals surface area (Å²) < 4.78 is 42.2. The zero-order valence-corrected chi connectivity index (χ0v) is 16.3. The number of rotatable bonds is 6. The molecule has 1 aromatic heterocycles. The monoisotopic (exact) mass is 416 g/mol. The molecule has 0 fully saturated rings. The zero-order chi connectivity index (χ0) is 21.8. The van der Waals surface area contributed by atoms with E-state index in [4.69, 9.17) is 0 Å². The molecule has 3 aromatic rings. The quantitative estimate of drug-likeness (QED) is 0.617. The van der Waals surface area contributed by atoms with Crippen molar-refractivity contribution in [3.05, 3.63) is 77.2 Å². The van der Waals surface area contributed by atoms with Crippen LogP contribution in [0.5, 0.6) is 0 Å². The molecule has 0 atom stereocenters. The average molecular weight is 416 g/mol. The lowest BCUT2D eigenvalue weighted by molar-refractivity contribution is 0.0774. The molecule has 1 N–H and O–H groups in total. The van der Waals surface area contributed by atoms with Crippen molar-refractivity contribution in [3.8, 4) is 5.69 Å². The van der Waals surface area contributed by atoms with Crippen molar-refractivity contribution in [1.29, 1.82) is 0 Å². The van der Waals surface area contributed by atoms with E-state index in [1.165, 1.54) is 15.8 Å². The molecule has 6 nitrogen and oxygen atoms in total. The fourth-order valence-corrected chi connectivity index (χ4v) is 2.95. The Labute approximate surface area is 170 Å². The Morgan fingerprint density at radius 1 is 0.967 bits per heavy atom. The molecule has 0 saturated heterocycles. The molecule has 0 aliphatic rings. The molecule has 0 bridgehead atoms. The SMILES string of the molecule is CCN(CC)C(=O)c1cnn(-c2ccccc2)c1NC(=O)c1ccc(F)c(F)c1F. The van der Waals surface area contributed by atoms with Crippen LogP contribution in [-0.2, 0) is 0 Å². The molecule has 156 valence electrons. The molecule has 3 rings (SSSR count). The number of carbonyl (C=O) groups excluding carboxylic acids is 2. The molecule has 0 unspecified atom stereocenters. The van der Waals surface area contributed by atoms with E-state index < -0.39 is 28.9 Å². The fourth-order valence-electron chi connectivity index (χ4n) is 2.95. The van der Waals surface area contributed by atoms with Crippen LogP contribution in [0.1, 0.15) is 34.6 Å². The maximum Gasteiger partial charge on any atom is 0.259 e. The normalized spacial score (nSPS) is 10.7. The minimum absolute atomic E-state index is 0.00719. The summed E-state index contributed by atoms with van der Waals surface area (Å²) >= 11 is 0. The Balaban J connectivity index is 2.07. The van der Waals surface area contributed by atoms with Crippen LogP contribution < -0.4 is 5.32 Å². The first-order valence-corrected chi connectivity index (χ1v) is 9.26. The van der Waals surface area contributed by atoms with Crippen LogP contribution in [-0.4, -0.2) is 39.6 Å². The van der Waals surface area contributed by atoms with Crippen LogP contribution in [0.2, 0.25) is 0 Å². The molecule has 2 amide bonds. The van der Waals surface area contributed by atoms with Crippen molar-refractivity contribution in [1.82, 2.24) is 14.7 Å². The highest BCUT2D eigenvalue weighted by molar-refractivity contribution is 6.08. The first kappa shape index (κ1) is 21.1. The van der Waals surface area contributed by atoms with Gasteiger partial charge in [0.05, 0.1) is 17.4 Å². The molecule has 0 saturated carbocycles. The topological polar surface area (TPSA) is 67.2 Å². The number of benzene rings is 2. The maximum absolute atomic E-state index is 14.1. The molecule has 0 aliphatic heterocycles. The van der Waals surface area contributed by atoms with Gasteiger partial charge in [-0.2, -0.15) is 5.10 Å². The van der Waals surface area contributed by atoms with Gasteiger partial charge in [0.2, 0.25) is 0 Å². The van der Waals surface area contributed by atoms with Gasteiger partial charge in [0.15, 0.2) is 17.5 Å². The van der Waals surface area contributed by atoms with Gasteiger partial charge in [-0.25, -0.2) is 17.9 Å². The largest absolute Gasteiger partial charge is 0.339 e. The van der Waals surface area contributed by atoms with Crippen LogP contribution >= 0.6 is 0 Å². The number of amides is 2. The molecule has 2 aromatic carbocycles. The van der Waals surface area contributed by atoms with Gasteiger partial charge >= 0.3 is 0 Å². The predicted octanol–water partition coefficient (Wildman–Crippen LogP) is 4.02. The van der Waals surface area contributed by atoms with Crippen LogP contribution in [0.15, 0.2) is 48.7 Å². The van der Waals surface area contributed by atoms with E-state index in [-0.39, 0.29) is 17.3 Å². The lowest BCUT2D eigenvalue weighted by Crippen LogP contribution is -2.31. The summed E-state index contributed by atoms with van der Waals surface area (Å²) in [6, 6.07) is 10.2. The molecular formula is C21H19F3N4O2. The Bertz CT molecular complexity index is 1080. The molecule has 1 heterocycles. The summed E-state index contributed by atoms with van der Waals surface area (Å²) in [5.41, 5.74) is -0.0769. The minimum atomic E-state index is -1.75. The predicted molar refractivity (Wildman–Crippen MR) is 105 cm³/mol. The van der Waals surface area contributed by atoms with Gasteiger partial charge in [-0.15, -0.1) is 0 Å². The van der Waals surface area contributed by atoms with Crippen LogP contribution in [0, 0.1) is 17.5 Å². The number of hydrogen-bond acceptors (Lipinski definition) is 3. The Morgan fingerprint density at radius 2 is 1.63 bits per heavy atom. The number of aromatic nitrogens is 2. The molecule has 0 spiro atoms. The van der Waals surface area contributed by atoms with E-state index in [0.717, 1.165) is 6.07 Å². The van der Waals surface area contributed by atoms with Gasteiger partial charge in [-0.1, -0.05) is 18.2 Å². The van der Waals surface area contributed by atoms with Gasteiger partial charge < -0.3 is 10.2 Å². The van der Waals surface area contributed by atoms with Gasteiger partial charge in [0.1, 0.15) is 11.4 Å². The second kappa shape index (κ2) is 8.81. The lowest BCUT2D eigenvalue weighted by Gasteiger charge is -2.19. The second-order valence-corrected chi connectivity index (χ2v) is 6.31. The minimum Gasteiger partial charge on any atom is -0.339 e. The van der Waals surface area contributed by atoms with E-state index >= 15 is 0 Å². The van der Waals surface area contributed by atoms with Gasteiger partial charge in [0.25, 0.3) is 11.8 Å². The molecule has 30 heavy (non-hydrogen) atoms. The third-order valence-corrected chi connectivity index (χ3v) is 4.56. The highest BCUT2D eigenvalue weighted by Gasteiger charge is 2.26. The second-order valence-electron chi connectivity index (χ2n) is 6.31. The van der Waals surface area contributed by atoms with E-state index in [9.17, 15) is 22.8 Å². The van der Waals surface area contributed by atoms with E-state index in [2.05, 4.69) is 10.4 Å². The zero-order valence-electron chi connectivity index (χ0n) is 16.3. The summed E-state index contributed by atoms with van der Waals surface area (Å²) in [7, 11) is 0. The smallest absolute Gasteiger partial charge is 0.259 e. The summed E-state index contributed by atoms with van der Waals surface area (Å²) in [6.07, 6.45) is 1.30. The van der Waals surface area contributed by atoms with Crippen molar-refractivity contribution in [2.24, 2.45) is 0 Å². The summed E-state index contributed by atoms with van der Waals surface area (Å²) in [5.74, 6) is -6.21. The van der Waals surface area contributed by atoms with Crippen molar-refractivity contribution in [3.63, 3.8) is 0 Å². The first-order valence-electron chi connectivity index (χ1n) is 9.26. The van der Waals surface area contributed by atoms with Crippen molar-refractivity contribution in [2.75, 3.05) is 18.4 Å². The summed E-state index contributed by atoms with van der Waals surface area (Å²) in [5, 5.41) is 6.62. The Morgan fingerprint density at radius 3 is 2.27 bits per heavy atom. The van der Waals surface area contributed by atoms with Crippen LogP contribution in [0.3, 0.4) is 0 Å². The van der Waals surface area contributed by atoms with Gasteiger partial charge in [-0.05, 0) is 38.1 Å². The fraction of sp³-hybridized carbons (Fsp3) is 0.190. The van der Waals surface area contributed by atoms with Crippen LogP contribution in [0.4, 0.5) is 19.0 Å². The molecule has 0 radical (unpaired) electrons. The van der Waals surface area contributed by atoms with E-state index in [1.807, 2.05) is 0 Å². The molecule has 9 heteroatoms. The van der Waals surface area contributed by atoms with Gasteiger partial charge in [-0.3, -0.25) is 9.59 Å². The first-order chi connectivity index (χ1) is 14.4. The number of halogens is 3. The summed E-state index contributed by atoms with van der Waals surface area (Å²) in [4.78, 5) is 27.1. The Hall–Kier alpha value is -3.62. The number of carbonyl (C=O) groups is 2. The molecule has 0 aliphatic carbocycles. The number of anilines is 1. The van der Waals surface area contributed by atoms with E-state index in [1.54, 1.807) is 44.2 Å². The molecular weight excluding hydrogens is 397 g/mol. The van der Waals surface area contributed by atoms with Crippen LogP contribution in [0.25, 0.3) is 5.69 Å². The lowest BCUT2D eigenvalue weighted by atomic mass is 10.1.